The fourth-order valence-electron chi connectivity index (χ4n) is 4.20. The number of hydrogen-bond donors (Lipinski definition) is 1. The number of phenols is 1. The van der Waals surface area contributed by atoms with Crippen molar-refractivity contribution in [3.63, 3.8) is 0 Å². The van der Waals surface area contributed by atoms with E-state index in [0.717, 1.165) is 39.0 Å². The Kier molecular flexibility index (Phi) is 5.17. The molecule has 5 rings (SSSR count). The van der Waals surface area contributed by atoms with Gasteiger partial charge in [-0.15, -0.1) is 0 Å². The molecule has 0 saturated heterocycles. The Morgan fingerprint density at radius 2 is 1.73 bits per heavy atom. The molecule has 33 heavy (non-hydrogen) atoms. The van der Waals surface area contributed by atoms with Gasteiger partial charge in [-0.2, -0.15) is 0 Å². The highest BCUT2D eigenvalue weighted by atomic mass is 16.3. The number of aromatic nitrogens is 4. The van der Waals surface area contributed by atoms with E-state index < -0.39 is 0 Å². The van der Waals surface area contributed by atoms with Crippen LogP contribution in [0.2, 0.25) is 0 Å². The summed E-state index contributed by atoms with van der Waals surface area (Å²) >= 11 is 0. The van der Waals surface area contributed by atoms with Crippen molar-refractivity contribution in [3.8, 4) is 39.5 Å². The maximum absolute atomic E-state index is 10.5. The fraction of sp³-hybridized carbons (Fsp3) is 0.179. The Labute approximate surface area is 193 Å². The molecule has 5 nitrogen and oxygen atoms in total. The van der Waals surface area contributed by atoms with Gasteiger partial charge in [-0.3, -0.25) is 9.97 Å². The van der Waals surface area contributed by atoms with Gasteiger partial charge in [0.15, 0.2) is 0 Å². The van der Waals surface area contributed by atoms with Gasteiger partial charge in [-0.1, -0.05) is 37.6 Å². The summed E-state index contributed by atoms with van der Waals surface area (Å²) in [6, 6.07) is 18.1. The van der Waals surface area contributed by atoms with Crippen LogP contribution in [0.4, 0.5) is 0 Å². The summed E-state index contributed by atoms with van der Waals surface area (Å²) < 4.78 is 1.99. The largest absolute Gasteiger partial charge is 0.507 e. The predicted molar refractivity (Wildman–Crippen MR) is 133 cm³/mol. The second-order valence-corrected chi connectivity index (χ2v) is 8.78. The monoisotopic (exact) mass is 434 g/mol. The third-order valence-corrected chi connectivity index (χ3v) is 6.08. The van der Waals surface area contributed by atoms with Gasteiger partial charge in [0.2, 0.25) is 0 Å². The van der Waals surface area contributed by atoms with Crippen LogP contribution in [0.3, 0.4) is 0 Å². The molecule has 5 aromatic rings. The normalized spacial score (nSPS) is 11.4. The van der Waals surface area contributed by atoms with E-state index in [4.69, 9.17) is 4.98 Å². The van der Waals surface area contributed by atoms with Crippen molar-refractivity contribution in [2.24, 2.45) is 7.05 Å². The molecule has 3 aromatic heterocycles. The van der Waals surface area contributed by atoms with Gasteiger partial charge in [0.1, 0.15) is 17.1 Å². The van der Waals surface area contributed by atoms with E-state index in [0.29, 0.717) is 17.3 Å². The minimum atomic E-state index is 0.216. The average molecular weight is 435 g/mol. The number of benzene rings is 2. The number of pyridine rings is 2. The van der Waals surface area contributed by atoms with Crippen LogP contribution in [0.5, 0.6) is 5.75 Å². The third-order valence-electron chi connectivity index (χ3n) is 6.08. The molecule has 1 N–H and O–H groups in total. The van der Waals surface area contributed by atoms with Crippen molar-refractivity contribution in [2.75, 3.05) is 0 Å². The summed E-state index contributed by atoms with van der Waals surface area (Å²) in [5.41, 5.74) is 8.81. The minimum Gasteiger partial charge on any atom is -0.507 e. The number of nitrogens with zero attached hydrogens (tertiary/aromatic N) is 4. The lowest BCUT2D eigenvalue weighted by molar-refractivity contribution is 0.476. The van der Waals surface area contributed by atoms with Crippen molar-refractivity contribution in [1.82, 2.24) is 19.5 Å². The van der Waals surface area contributed by atoms with Gasteiger partial charge in [-0.25, -0.2) is 4.98 Å². The fourth-order valence-corrected chi connectivity index (χ4v) is 4.20. The van der Waals surface area contributed by atoms with E-state index in [-0.39, 0.29) is 5.75 Å². The maximum atomic E-state index is 10.5. The second-order valence-electron chi connectivity index (χ2n) is 8.78. The molecule has 0 atom stereocenters. The molecule has 5 heteroatoms. The first-order valence-electron chi connectivity index (χ1n) is 11.1. The lowest BCUT2D eigenvalue weighted by Gasteiger charge is -2.12. The molecule has 0 saturated carbocycles. The minimum absolute atomic E-state index is 0.216. The zero-order valence-corrected chi connectivity index (χ0v) is 19.2. The molecular formula is C28H26N4O. The maximum Gasteiger partial charge on any atom is 0.144 e. The van der Waals surface area contributed by atoms with Crippen LogP contribution in [-0.2, 0) is 7.05 Å². The summed E-state index contributed by atoms with van der Waals surface area (Å²) in [5.74, 6) is 1.29. The Bertz CT molecular complexity index is 1470. The summed E-state index contributed by atoms with van der Waals surface area (Å²) in [5, 5.41) is 10.5. The van der Waals surface area contributed by atoms with Crippen LogP contribution in [-0.4, -0.2) is 24.6 Å². The van der Waals surface area contributed by atoms with Gasteiger partial charge in [-0.05, 0) is 60.4 Å². The lowest BCUT2D eigenvalue weighted by atomic mass is 9.93. The average Bonchev–Trinajstić information content (AvgIpc) is 3.17. The molecule has 0 spiro atoms. The van der Waals surface area contributed by atoms with Crippen LogP contribution in [0.25, 0.3) is 44.8 Å². The quantitative estimate of drug-likeness (QED) is 0.351. The van der Waals surface area contributed by atoms with Crippen molar-refractivity contribution in [3.05, 3.63) is 84.3 Å². The zero-order chi connectivity index (χ0) is 23.1. The van der Waals surface area contributed by atoms with Crippen LogP contribution in [0.1, 0.15) is 30.9 Å². The Morgan fingerprint density at radius 3 is 2.48 bits per heavy atom. The molecule has 0 amide bonds. The molecule has 0 aliphatic rings. The number of aromatic hydroxyl groups is 1. The lowest BCUT2D eigenvalue weighted by Crippen LogP contribution is -1.94. The van der Waals surface area contributed by atoms with E-state index in [1.54, 1.807) is 6.07 Å². The standard InChI is InChI=1S/C28H26N4O/c1-17(2)19-12-20(14-21(13-19)24-7-5-6-10-30-24)23-15-29-16-25-27(23)31-28(32(25)4)22-11-18(3)8-9-26(22)33/h5-17,33H,1-4H3. The molecule has 0 unspecified atom stereocenters. The van der Waals surface area contributed by atoms with Gasteiger partial charge >= 0.3 is 0 Å². The van der Waals surface area contributed by atoms with Crippen molar-refractivity contribution < 1.29 is 5.11 Å². The highest BCUT2D eigenvalue weighted by molar-refractivity contribution is 5.94. The van der Waals surface area contributed by atoms with Crippen molar-refractivity contribution in [1.29, 1.82) is 0 Å². The first kappa shape index (κ1) is 20.9. The predicted octanol–water partition coefficient (Wildman–Crippen LogP) is 6.50. The van der Waals surface area contributed by atoms with E-state index in [1.165, 1.54) is 5.56 Å². The van der Waals surface area contributed by atoms with Crippen LogP contribution in [0.15, 0.2) is 73.2 Å². The first-order valence-corrected chi connectivity index (χ1v) is 11.1. The van der Waals surface area contributed by atoms with Crippen molar-refractivity contribution >= 4 is 11.0 Å². The topological polar surface area (TPSA) is 63.8 Å². The number of rotatable bonds is 4. The summed E-state index contributed by atoms with van der Waals surface area (Å²) in [4.78, 5) is 14.1. The third kappa shape index (κ3) is 3.76. The summed E-state index contributed by atoms with van der Waals surface area (Å²) in [6.07, 6.45) is 5.52. The number of fused-ring (bicyclic) bond motifs is 1. The number of phenolic OH excluding ortho intramolecular Hbond substituents is 1. The molecule has 0 fully saturated rings. The van der Waals surface area contributed by atoms with E-state index >= 15 is 0 Å². The molecule has 2 aromatic carbocycles. The number of imidazole rings is 1. The number of aryl methyl sites for hydroxylation is 2. The second kappa shape index (κ2) is 8.17. The molecule has 0 aliphatic heterocycles. The van der Waals surface area contributed by atoms with Gasteiger partial charge < -0.3 is 9.67 Å². The molecule has 0 aliphatic carbocycles. The molecule has 0 bridgehead atoms. The highest BCUT2D eigenvalue weighted by Crippen LogP contribution is 2.36. The number of hydrogen-bond acceptors (Lipinski definition) is 4. The van der Waals surface area contributed by atoms with Gasteiger partial charge in [0.25, 0.3) is 0 Å². The summed E-state index contributed by atoms with van der Waals surface area (Å²) in [6.45, 7) is 6.40. The van der Waals surface area contributed by atoms with Crippen molar-refractivity contribution in [2.45, 2.75) is 26.7 Å². The molecular weight excluding hydrogens is 408 g/mol. The zero-order valence-electron chi connectivity index (χ0n) is 19.2. The molecule has 0 radical (unpaired) electrons. The molecule has 164 valence electrons. The highest BCUT2D eigenvalue weighted by Gasteiger charge is 2.18. The van der Waals surface area contributed by atoms with E-state index in [1.807, 2.05) is 67.5 Å². The van der Waals surface area contributed by atoms with E-state index in [9.17, 15) is 5.11 Å². The van der Waals surface area contributed by atoms with Crippen LogP contribution < -0.4 is 0 Å². The van der Waals surface area contributed by atoms with Gasteiger partial charge in [0, 0.05) is 30.6 Å². The molecule has 3 heterocycles. The SMILES string of the molecule is Cc1ccc(O)c(-c2nc3c(-c4cc(-c5ccccn5)cc(C(C)C)c4)cncc3n2C)c1. The van der Waals surface area contributed by atoms with E-state index in [2.05, 4.69) is 42.0 Å². The summed E-state index contributed by atoms with van der Waals surface area (Å²) in [7, 11) is 1.96. The smallest absolute Gasteiger partial charge is 0.144 e. The Balaban J connectivity index is 1.74. The van der Waals surface area contributed by atoms with Crippen LogP contribution >= 0.6 is 0 Å². The first-order chi connectivity index (χ1) is 15.9. The van der Waals surface area contributed by atoms with Crippen LogP contribution in [0, 0.1) is 6.92 Å². The Hall–Kier alpha value is -3.99. The Morgan fingerprint density at radius 1 is 0.909 bits per heavy atom. The van der Waals surface area contributed by atoms with Gasteiger partial charge in [0.05, 0.1) is 23.0 Å².